The van der Waals surface area contributed by atoms with Gasteiger partial charge in [-0.05, 0) is 13.3 Å². The molecule has 0 radical (unpaired) electrons. The molecule has 0 bridgehead atoms. The maximum absolute atomic E-state index is 10.0. The Morgan fingerprint density at radius 1 is 1.67 bits per heavy atom. The van der Waals surface area contributed by atoms with E-state index < -0.39 is 10.1 Å². The third-order valence-electron chi connectivity index (χ3n) is 0.774. The van der Waals surface area contributed by atoms with Gasteiger partial charge in [0.15, 0.2) is 0 Å². The largest absolute Gasteiger partial charge is 0.286 e. The zero-order valence-electron chi connectivity index (χ0n) is 5.04. The van der Waals surface area contributed by atoms with E-state index in [-0.39, 0.29) is 11.1 Å². The molecule has 0 aromatic rings. The Labute approximate surface area is 59.8 Å². The molecule has 0 aromatic carbocycles. The van der Waals surface area contributed by atoms with Crippen LogP contribution in [-0.2, 0) is 10.1 Å². The minimum Gasteiger partial charge on any atom is -0.286 e. The molecule has 0 heterocycles. The molecule has 0 rings (SSSR count). The molecule has 0 fully saturated rings. The summed E-state index contributed by atoms with van der Waals surface area (Å²) in [5.41, 5.74) is 0. The first kappa shape index (κ1) is 9.20. The predicted molar refractivity (Wildman–Crippen MR) is 36.3 cm³/mol. The van der Waals surface area contributed by atoms with Crippen molar-refractivity contribution in [1.29, 1.82) is 0 Å². The number of halogens is 1. The quantitative estimate of drug-likeness (QED) is 0.508. The third kappa shape index (κ3) is 8.20. The second-order valence-electron chi connectivity index (χ2n) is 1.86. The Morgan fingerprint density at radius 3 is 2.22 bits per heavy atom. The average molecular weight is 173 g/mol. The van der Waals surface area contributed by atoms with Crippen LogP contribution < -0.4 is 0 Å². The van der Waals surface area contributed by atoms with Gasteiger partial charge in [0.2, 0.25) is 0 Å². The predicted octanol–water partition coefficient (Wildman–Crippen LogP) is 0.892. The molecular formula is C4H9ClO3S. The van der Waals surface area contributed by atoms with E-state index in [2.05, 4.69) is 0 Å². The van der Waals surface area contributed by atoms with E-state index >= 15 is 0 Å². The average Bonchev–Trinajstić information content (AvgIpc) is 1.59. The van der Waals surface area contributed by atoms with Crippen LogP contribution in [0.3, 0.4) is 0 Å². The fraction of sp³-hybridized carbons (Fsp3) is 1.00. The molecule has 1 atom stereocenters. The molecular weight excluding hydrogens is 164 g/mol. The first-order valence-corrected chi connectivity index (χ1v) is 4.55. The number of hydrogen-bond donors (Lipinski definition) is 1. The summed E-state index contributed by atoms with van der Waals surface area (Å²) in [6.45, 7) is 1.67. The Balaban J connectivity index is 3.53. The van der Waals surface area contributed by atoms with Crippen molar-refractivity contribution in [2.45, 2.75) is 18.7 Å². The monoisotopic (exact) mass is 172 g/mol. The van der Waals surface area contributed by atoms with Crippen molar-refractivity contribution >= 4 is 21.7 Å². The number of hydrogen-bond acceptors (Lipinski definition) is 2. The number of alkyl halides is 1. The highest BCUT2D eigenvalue weighted by atomic mass is 35.5. The van der Waals surface area contributed by atoms with Gasteiger partial charge in [-0.15, -0.1) is 11.6 Å². The lowest BCUT2D eigenvalue weighted by Gasteiger charge is -1.97. The molecule has 3 nitrogen and oxygen atoms in total. The second-order valence-corrected chi connectivity index (χ2v) is 4.17. The summed E-state index contributed by atoms with van der Waals surface area (Å²) < 4.78 is 28.2. The van der Waals surface area contributed by atoms with Gasteiger partial charge in [-0.25, -0.2) is 0 Å². The van der Waals surface area contributed by atoms with Crippen LogP contribution >= 0.6 is 11.6 Å². The highest BCUT2D eigenvalue weighted by molar-refractivity contribution is 7.85. The van der Waals surface area contributed by atoms with Gasteiger partial charge in [0.1, 0.15) is 0 Å². The van der Waals surface area contributed by atoms with Crippen molar-refractivity contribution in [3.63, 3.8) is 0 Å². The molecule has 1 N–H and O–H groups in total. The van der Waals surface area contributed by atoms with Crippen molar-refractivity contribution in [1.82, 2.24) is 0 Å². The van der Waals surface area contributed by atoms with Crippen LogP contribution in [0.2, 0.25) is 0 Å². The Kier molecular flexibility index (Phi) is 3.46. The lowest BCUT2D eigenvalue weighted by atomic mass is 10.4. The van der Waals surface area contributed by atoms with Crippen LogP contribution in [0, 0.1) is 0 Å². The standard InChI is InChI=1S/C4H9ClO3S/c1-4(5)2-3-9(6,7)8/h4H,2-3H2,1H3,(H,6,7,8). The Bertz CT molecular complexity index is 161. The zero-order valence-corrected chi connectivity index (χ0v) is 6.61. The maximum atomic E-state index is 10.0. The minimum atomic E-state index is -3.80. The van der Waals surface area contributed by atoms with Gasteiger partial charge in [-0.3, -0.25) is 4.55 Å². The van der Waals surface area contributed by atoms with Crippen LogP contribution in [-0.4, -0.2) is 24.1 Å². The Morgan fingerprint density at radius 2 is 2.11 bits per heavy atom. The van der Waals surface area contributed by atoms with Gasteiger partial charge >= 0.3 is 0 Å². The van der Waals surface area contributed by atoms with Crippen molar-refractivity contribution in [3.8, 4) is 0 Å². The lowest BCUT2D eigenvalue weighted by Crippen LogP contribution is -2.07. The van der Waals surface area contributed by atoms with Gasteiger partial charge in [0, 0.05) is 5.38 Å². The molecule has 5 heteroatoms. The maximum Gasteiger partial charge on any atom is 0.264 e. The first-order chi connectivity index (χ1) is 3.92. The molecule has 0 aliphatic heterocycles. The SMILES string of the molecule is CC(Cl)CCS(=O)(=O)O. The topological polar surface area (TPSA) is 54.4 Å². The highest BCUT2D eigenvalue weighted by Gasteiger charge is 2.05. The number of rotatable bonds is 3. The van der Waals surface area contributed by atoms with Gasteiger partial charge < -0.3 is 0 Å². The van der Waals surface area contributed by atoms with Crippen LogP contribution in [0.25, 0.3) is 0 Å². The summed E-state index contributed by atoms with van der Waals surface area (Å²) >= 11 is 5.41. The lowest BCUT2D eigenvalue weighted by molar-refractivity contribution is 0.481. The fourth-order valence-corrected chi connectivity index (χ4v) is 1.20. The summed E-state index contributed by atoms with van der Waals surface area (Å²) in [5.74, 6) is -0.252. The van der Waals surface area contributed by atoms with Gasteiger partial charge in [-0.2, -0.15) is 8.42 Å². The Hall–Kier alpha value is 0.200. The molecule has 0 aliphatic rings. The summed E-state index contributed by atoms with van der Waals surface area (Å²) in [7, 11) is -3.80. The van der Waals surface area contributed by atoms with Crippen LogP contribution in [0.15, 0.2) is 0 Å². The second kappa shape index (κ2) is 3.39. The van der Waals surface area contributed by atoms with Gasteiger partial charge in [0.05, 0.1) is 5.75 Å². The van der Waals surface area contributed by atoms with Crippen molar-refractivity contribution in [3.05, 3.63) is 0 Å². The summed E-state index contributed by atoms with van der Waals surface area (Å²) in [4.78, 5) is 0. The first-order valence-electron chi connectivity index (χ1n) is 2.51. The zero-order chi connectivity index (χ0) is 7.49. The van der Waals surface area contributed by atoms with Crippen LogP contribution in [0.1, 0.15) is 13.3 Å². The smallest absolute Gasteiger partial charge is 0.264 e. The molecule has 9 heavy (non-hydrogen) atoms. The fourth-order valence-electron chi connectivity index (χ4n) is 0.311. The van der Waals surface area contributed by atoms with Crippen molar-refractivity contribution in [2.24, 2.45) is 0 Å². The third-order valence-corrected chi connectivity index (χ3v) is 1.74. The van der Waals surface area contributed by atoms with E-state index in [1.165, 1.54) is 0 Å². The highest BCUT2D eigenvalue weighted by Crippen LogP contribution is 2.01. The molecule has 0 saturated carbocycles. The van der Waals surface area contributed by atoms with E-state index in [1.807, 2.05) is 0 Å². The molecule has 0 amide bonds. The molecule has 56 valence electrons. The van der Waals surface area contributed by atoms with Crippen molar-refractivity contribution < 1.29 is 13.0 Å². The molecule has 0 spiro atoms. The van der Waals surface area contributed by atoms with E-state index in [4.69, 9.17) is 16.2 Å². The van der Waals surface area contributed by atoms with Crippen molar-refractivity contribution in [2.75, 3.05) is 5.75 Å². The molecule has 0 aromatic heterocycles. The molecule has 1 unspecified atom stereocenters. The normalized spacial score (nSPS) is 15.4. The molecule has 0 aliphatic carbocycles. The van der Waals surface area contributed by atoms with Crippen LogP contribution in [0.4, 0.5) is 0 Å². The van der Waals surface area contributed by atoms with E-state index in [1.54, 1.807) is 6.92 Å². The summed E-state index contributed by atoms with van der Waals surface area (Å²) in [6, 6.07) is 0. The summed E-state index contributed by atoms with van der Waals surface area (Å²) in [6.07, 6.45) is 0.292. The summed E-state index contributed by atoms with van der Waals surface area (Å²) in [5, 5.41) is -0.202. The minimum absolute atomic E-state index is 0.202. The van der Waals surface area contributed by atoms with E-state index in [9.17, 15) is 8.42 Å². The van der Waals surface area contributed by atoms with Gasteiger partial charge in [0.25, 0.3) is 10.1 Å². The van der Waals surface area contributed by atoms with Gasteiger partial charge in [-0.1, -0.05) is 0 Å². The van der Waals surface area contributed by atoms with E-state index in [0.29, 0.717) is 6.42 Å². The van der Waals surface area contributed by atoms with Crippen LogP contribution in [0.5, 0.6) is 0 Å². The van der Waals surface area contributed by atoms with E-state index in [0.717, 1.165) is 0 Å². The molecule has 0 saturated heterocycles.